The molecule has 0 spiro atoms. The Kier molecular flexibility index (Phi) is 4.49. The van der Waals surface area contributed by atoms with Crippen LogP contribution in [0.4, 0.5) is 5.69 Å². The van der Waals surface area contributed by atoms with Crippen molar-refractivity contribution in [3.05, 3.63) is 65.7 Å². The van der Waals surface area contributed by atoms with Gasteiger partial charge in [0.2, 0.25) is 5.91 Å². The molecular formula is C23H29NO. The van der Waals surface area contributed by atoms with Crippen LogP contribution in [0.15, 0.2) is 54.6 Å². The average molecular weight is 335 g/mol. The molecule has 1 amide bonds. The normalized spacial score (nSPS) is 23.0. The van der Waals surface area contributed by atoms with Crippen molar-refractivity contribution in [1.29, 1.82) is 0 Å². The number of benzene rings is 2. The lowest BCUT2D eigenvalue weighted by Gasteiger charge is -2.52. The van der Waals surface area contributed by atoms with E-state index in [0.717, 1.165) is 18.5 Å². The van der Waals surface area contributed by atoms with Gasteiger partial charge in [0.05, 0.1) is 0 Å². The summed E-state index contributed by atoms with van der Waals surface area (Å²) in [7, 11) is 0. The van der Waals surface area contributed by atoms with Crippen LogP contribution in [-0.4, -0.2) is 11.4 Å². The van der Waals surface area contributed by atoms with Gasteiger partial charge in [-0.2, -0.15) is 0 Å². The lowest BCUT2D eigenvalue weighted by Crippen LogP contribution is -2.57. The number of para-hydroxylation sites is 1. The molecule has 2 atom stereocenters. The summed E-state index contributed by atoms with van der Waals surface area (Å²) in [6, 6.07) is 19.1. The maximum Gasteiger partial charge on any atom is 0.230 e. The number of rotatable bonds is 3. The van der Waals surface area contributed by atoms with Crippen molar-refractivity contribution in [2.75, 3.05) is 4.90 Å². The fourth-order valence-corrected chi connectivity index (χ4v) is 4.38. The summed E-state index contributed by atoms with van der Waals surface area (Å²) < 4.78 is 0. The Hall–Kier alpha value is -2.09. The van der Waals surface area contributed by atoms with Gasteiger partial charge < -0.3 is 4.90 Å². The lowest BCUT2D eigenvalue weighted by molar-refractivity contribution is -0.123. The van der Waals surface area contributed by atoms with E-state index >= 15 is 0 Å². The van der Waals surface area contributed by atoms with Crippen LogP contribution in [0.5, 0.6) is 0 Å². The molecule has 0 saturated heterocycles. The van der Waals surface area contributed by atoms with Gasteiger partial charge in [-0.1, -0.05) is 69.3 Å². The summed E-state index contributed by atoms with van der Waals surface area (Å²) in [5, 5.41) is 0. The van der Waals surface area contributed by atoms with Crippen molar-refractivity contribution in [3.8, 4) is 0 Å². The molecule has 2 heteroatoms. The van der Waals surface area contributed by atoms with Crippen molar-refractivity contribution < 1.29 is 4.79 Å². The average Bonchev–Trinajstić information content (AvgIpc) is 2.61. The summed E-state index contributed by atoms with van der Waals surface area (Å²) in [4.78, 5) is 15.2. The number of carbonyl (C=O) groups excluding carboxylic acids is 1. The summed E-state index contributed by atoms with van der Waals surface area (Å²) in [6.45, 7) is 10.8. The van der Waals surface area contributed by atoms with Gasteiger partial charge in [0, 0.05) is 22.6 Å². The number of anilines is 1. The maximum absolute atomic E-state index is 13.2. The van der Waals surface area contributed by atoms with Gasteiger partial charge in [-0.05, 0) is 43.9 Å². The zero-order valence-corrected chi connectivity index (χ0v) is 16.0. The maximum atomic E-state index is 13.2. The number of amides is 1. The highest BCUT2D eigenvalue weighted by Crippen LogP contribution is 2.50. The zero-order chi connectivity index (χ0) is 18.2. The summed E-state index contributed by atoms with van der Waals surface area (Å²) >= 11 is 0. The largest absolute Gasteiger partial charge is 0.306 e. The van der Waals surface area contributed by atoms with Crippen LogP contribution in [-0.2, 0) is 10.2 Å². The molecule has 2 aromatic rings. The molecule has 0 fully saturated rings. The van der Waals surface area contributed by atoms with Crippen LogP contribution in [0, 0.1) is 5.92 Å². The predicted octanol–water partition coefficient (Wildman–Crippen LogP) is 5.55. The van der Waals surface area contributed by atoms with E-state index in [1.807, 2.05) is 13.0 Å². The molecule has 0 aromatic heterocycles. The van der Waals surface area contributed by atoms with E-state index in [1.165, 1.54) is 11.1 Å². The number of nitrogens with zero attached hydrogens (tertiary/aromatic N) is 1. The fraction of sp³-hybridized carbons (Fsp3) is 0.435. The Balaban J connectivity index is 2.20. The second-order valence-electron chi connectivity index (χ2n) is 8.19. The second kappa shape index (κ2) is 6.33. The minimum Gasteiger partial charge on any atom is -0.306 e. The predicted molar refractivity (Wildman–Crippen MR) is 105 cm³/mol. The molecule has 132 valence electrons. The number of fused-ring (bicyclic) bond motifs is 1. The van der Waals surface area contributed by atoms with E-state index in [-0.39, 0.29) is 22.8 Å². The SMILES string of the molecule is CCC(C)C(=O)N1c2ccccc2C(C)(c2ccccc2)CC1(C)C. The number of carbonyl (C=O) groups is 1. The zero-order valence-electron chi connectivity index (χ0n) is 16.0. The Morgan fingerprint density at radius 1 is 1.04 bits per heavy atom. The third-order valence-electron chi connectivity index (χ3n) is 5.80. The van der Waals surface area contributed by atoms with Gasteiger partial charge in [-0.25, -0.2) is 0 Å². The van der Waals surface area contributed by atoms with Gasteiger partial charge in [-0.3, -0.25) is 4.79 Å². The van der Waals surface area contributed by atoms with Gasteiger partial charge >= 0.3 is 0 Å². The minimum atomic E-state index is -0.237. The van der Waals surface area contributed by atoms with Crippen LogP contribution in [0.2, 0.25) is 0 Å². The third-order valence-corrected chi connectivity index (χ3v) is 5.80. The molecule has 25 heavy (non-hydrogen) atoms. The van der Waals surface area contributed by atoms with E-state index in [2.05, 4.69) is 81.1 Å². The lowest BCUT2D eigenvalue weighted by atomic mass is 9.65. The first-order valence-electron chi connectivity index (χ1n) is 9.30. The first kappa shape index (κ1) is 17.7. The monoisotopic (exact) mass is 335 g/mol. The first-order valence-corrected chi connectivity index (χ1v) is 9.30. The van der Waals surface area contributed by atoms with E-state index in [9.17, 15) is 4.79 Å². The molecule has 0 N–H and O–H groups in total. The summed E-state index contributed by atoms with van der Waals surface area (Å²) in [5.74, 6) is 0.267. The smallest absolute Gasteiger partial charge is 0.230 e. The van der Waals surface area contributed by atoms with Gasteiger partial charge in [0.25, 0.3) is 0 Å². The molecule has 2 nitrogen and oxygen atoms in total. The Bertz CT molecular complexity index is 765. The highest BCUT2D eigenvalue weighted by Gasteiger charge is 2.47. The molecule has 3 rings (SSSR count). The molecule has 1 heterocycles. The second-order valence-corrected chi connectivity index (χ2v) is 8.19. The summed E-state index contributed by atoms with van der Waals surface area (Å²) in [5.41, 5.74) is 3.28. The van der Waals surface area contributed by atoms with E-state index in [1.54, 1.807) is 0 Å². The Labute approximate surface area is 151 Å². The van der Waals surface area contributed by atoms with Crippen molar-refractivity contribution in [1.82, 2.24) is 0 Å². The molecule has 0 aliphatic carbocycles. The van der Waals surface area contributed by atoms with Gasteiger partial charge in [0.15, 0.2) is 0 Å². The van der Waals surface area contributed by atoms with Crippen LogP contribution in [0.1, 0.15) is 58.6 Å². The van der Waals surface area contributed by atoms with Gasteiger partial charge in [-0.15, -0.1) is 0 Å². The Morgan fingerprint density at radius 3 is 2.28 bits per heavy atom. The number of hydrogen-bond donors (Lipinski definition) is 0. The van der Waals surface area contributed by atoms with Gasteiger partial charge in [0.1, 0.15) is 0 Å². The fourth-order valence-electron chi connectivity index (χ4n) is 4.38. The van der Waals surface area contributed by atoms with Crippen LogP contribution < -0.4 is 4.90 Å². The van der Waals surface area contributed by atoms with Crippen molar-refractivity contribution in [2.45, 2.75) is 58.4 Å². The molecule has 0 bridgehead atoms. The third kappa shape index (κ3) is 2.88. The molecule has 1 aliphatic rings. The molecule has 2 aromatic carbocycles. The topological polar surface area (TPSA) is 20.3 Å². The highest BCUT2D eigenvalue weighted by molar-refractivity contribution is 5.98. The quantitative estimate of drug-likeness (QED) is 0.719. The van der Waals surface area contributed by atoms with Crippen LogP contribution in [0.3, 0.4) is 0 Å². The first-order chi connectivity index (χ1) is 11.8. The molecule has 0 saturated carbocycles. The van der Waals surface area contributed by atoms with Crippen LogP contribution in [0.25, 0.3) is 0 Å². The minimum absolute atomic E-state index is 0.0356. The molecular weight excluding hydrogens is 306 g/mol. The molecule has 2 unspecified atom stereocenters. The van der Waals surface area contributed by atoms with E-state index < -0.39 is 0 Å². The molecule has 1 aliphatic heterocycles. The number of hydrogen-bond acceptors (Lipinski definition) is 1. The standard InChI is InChI=1S/C23H29NO/c1-6-17(2)21(25)24-20-15-11-10-14-19(20)23(5,16-22(24,3)4)18-12-8-7-9-13-18/h7-15,17H,6,16H2,1-5H3. The highest BCUT2D eigenvalue weighted by atomic mass is 16.2. The van der Waals surface area contributed by atoms with Crippen molar-refractivity contribution in [3.63, 3.8) is 0 Å². The Morgan fingerprint density at radius 2 is 1.64 bits per heavy atom. The van der Waals surface area contributed by atoms with Crippen molar-refractivity contribution >= 4 is 11.6 Å². The van der Waals surface area contributed by atoms with Crippen LogP contribution >= 0.6 is 0 Å². The summed E-state index contributed by atoms with van der Waals surface area (Å²) in [6.07, 6.45) is 1.77. The van der Waals surface area contributed by atoms with E-state index in [0.29, 0.717) is 0 Å². The molecule has 0 radical (unpaired) electrons. The van der Waals surface area contributed by atoms with Crippen molar-refractivity contribution in [2.24, 2.45) is 5.92 Å². The van der Waals surface area contributed by atoms with E-state index in [4.69, 9.17) is 0 Å².